The summed E-state index contributed by atoms with van der Waals surface area (Å²) >= 11 is 0. The summed E-state index contributed by atoms with van der Waals surface area (Å²) in [5.74, 6) is -0.936. The van der Waals surface area contributed by atoms with Crippen molar-refractivity contribution in [2.24, 2.45) is 0 Å². The highest BCUT2D eigenvalue weighted by Gasteiger charge is 2.16. The van der Waals surface area contributed by atoms with Crippen LogP contribution in [0.25, 0.3) is 17.0 Å². The molecule has 1 heterocycles. The molecular formula is C28H26N4O4. The van der Waals surface area contributed by atoms with Gasteiger partial charge in [0.1, 0.15) is 5.70 Å². The minimum Gasteiger partial charge on any atom is -0.358 e. The number of para-hydroxylation sites is 1. The zero-order valence-corrected chi connectivity index (χ0v) is 20.0. The molecule has 0 unspecified atom stereocenters. The number of amides is 2. The van der Waals surface area contributed by atoms with Crippen molar-refractivity contribution >= 4 is 34.5 Å². The fourth-order valence-electron chi connectivity index (χ4n) is 4.01. The molecule has 8 nitrogen and oxygen atoms in total. The van der Waals surface area contributed by atoms with Crippen molar-refractivity contribution < 1.29 is 14.5 Å². The summed E-state index contributed by atoms with van der Waals surface area (Å²) in [5.41, 5.74) is 4.89. The highest BCUT2D eigenvalue weighted by molar-refractivity contribution is 6.05. The van der Waals surface area contributed by atoms with Gasteiger partial charge in [-0.1, -0.05) is 48.0 Å². The highest BCUT2D eigenvalue weighted by atomic mass is 16.6. The van der Waals surface area contributed by atoms with Crippen molar-refractivity contribution in [1.29, 1.82) is 0 Å². The number of carbonyl (C=O) groups is 2. The molecule has 0 saturated carbocycles. The summed E-state index contributed by atoms with van der Waals surface area (Å²) in [4.78, 5) is 40.0. The summed E-state index contributed by atoms with van der Waals surface area (Å²) in [6.45, 7) is 4.25. The second kappa shape index (κ2) is 10.7. The predicted octanol–water partition coefficient (Wildman–Crippen LogP) is 4.82. The van der Waals surface area contributed by atoms with E-state index in [0.29, 0.717) is 24.1 Å². The Morgan fingerprint density at radius 1 is 1.00 bits per heavy atom. The molecule has 3 N–H and O–H groups in total. The van der Waals surface area contributed by atoms with E-state index in [0.717, 1.165) is 27.7 Å². The molecule has 8 heteroatoms. The number of hydrogen-bond donors (Lipinski definition) is 3. The molecular weight excluding hydrogens is 456 g/mol. The van der Waals surface area contributed by atoms with Gasteiger partial charge in [-0.05, 0) is 55.7 Å². The fourth-order valence-corrected chi connectivity index (χ4v) is 4.01. The number of rotatable bonds is 8. The molecule has 0 bridgehead atoms. The number of aryl methyl sites for hydroxylation is 2. The Kier molecular flexibility index (Phi) is 7.25. The lowest BCUT2D eigenvalue weighted by Gasteiger charge is -2.12. The molecule has 0 aliphatic rings. The Labute approximate surface area is 208 Å². The Hall–Kier alpha value is -4.72. The van der Waals surface area contributed by atoms with Crippen molar-refractivity contribution in [2.45, 2.75) is 20.3 Å². The number of nitro benzene ring substituents is 1. The first kappa shape index (κ1) is 24.4. The van der Waals surface area contributed by atoms with Gasteiger partial charge in [0, 0.05) is 40.8 Å². The second-order valence-corrected chi connectivity index (χ2v) is 8.51. The molecule has 0 saturated heterocycles. The average Bonchev–Trinajstić information content (AvgIpc) is 3.19. The number of benzene rings is 3. The molecule has 0 atom stereocenters. The topological polar surface area (TPSA) is 117 Å². The van der Waals surface area contributed by atoms with E-state index in [1.807, 2.05) is 50.2 Å². The number of carbonyl (C=O) groups excluding carboxylic acids is 2. The predicted molar refractivity (Wildman–Crippen MR) is 139 cm³/mol. The Bertz CT molecular complexity index is 1470. The van der Waals surface area contributed by atoms with E-state index in [1.54, 1.807) is 18.2 Å². The van der Waals surface area contributed by atoms with Crippen molar-refractivity contribution in [3.05, 3.63) is 117 Å². The molecule has 0 radical (unpaired) electrons. The van der Waals surface area contributed by atoms with E-state index in [9.17, 15) is 19.7 Å². The molecule has 0 spiro atoms. The quantitative estimate of drug-likeness (QED) is 0.190. The van der Waals surface area contributed by atoms with E-state index in [4.69, 9.17) is 0 Å². The van der Waals surface area contributed by atoms with Crippen LogP contribution >= 0.6 is 0 Å². The monoisotopic (exact) mass is 482 g/mol. The second-order valence-electron chi connectivity index (χ2n) is 8.51. The van der Waals surface area contributed by atoms with Crippen molar-refractivity contribution in [1.82, 2.24) is 15.6 Å². The van der Waals surface area contributed by atoms with Crippen molar-refractivity contribution in [3.63, 3.8) is 0 Å². The fraction of sp³-hybridized carbons (Fsp3) is 0.143. The van der Waals surface area contributed by atoms with Crippen LogP contribution in [0.3, 0.4) is 0 Å². The van der Waals surface area contributed by atoms with Crippen LogP contribution in [0.15, 0.2) is 78.5 Å². The molecule has 1 aromatic heterocycles. The minimum absolute atomic E-state index is 0.00304. The van der Waals surface area contributed by atoms with Gasteiger partial charge in [0.25, 0.3) is 17.5 Å². The number of hydrogen-bond acceptors (Lipinski definition) is 4. The third kappa shape index (κ3) is 5.67. The van der Waals surface area contributed by atoms with Gasteiger partial charge in [0.15, 0.2) is 0 Å². The first-order valence-corrected chi connectivity index (χ1v) is 11.5. The van der Waals surface area contributed by atoms with Crippen molar-refractivity contribution in [2.75, 3.05) is 6.54 Å². The van der Waals surface area contributed by atoms with E-state index in [-0.39, 0.29) is 11.4 Å². The van der Waals surface area contributed by atoms with Gasteiger partial charge in [-0.2, -0.15) is 0 Å². The van der Waals surface area contributed by atoms with Crippen LogP contribution in [-0.2, 0) is 11.2 Å². The summed E-state index contributed by atoms with van der Waals surface area (Å²) < 4.78 is 0. The number of nitrogens with one attached hydrogen (secondary N) is 3. The van der Waals surface area contributed by atoms with E-state index >= 15 is 0 Å². The number of aromatic amines is 1. The van der Waals surface area contributed by atoms with Gasteiger partial charge in [-0.3, -0.25) is 19.7 Å². The minimum atomic E-state index is -0.508. The lowest BCUT2D eigenvalue weighted by Crippen LogP contribution is -2.35. The van der Waals surface area contributed by atoms with Crippen LogP contribution in [0, 0.1) is 24.0 Å². The number of nitrogens with zero attached hydrogens (tertiary/aromatic N) is 1. The Balaban J connectivity index is 1.54. The standard InChI is InChI=1S/C28H26N4O4/c1-18-10-12-21(13-11-18)27(33)31-26(17-20-6-5-7-22(16-20)32(35)36)28(34)29-15-14-23-19(2)30-25-9-4-3-8-24(23)25/h3-13,16-17,30H,14-15H2,1-2H3,(H,29,34)(H,31,33)/b26-17-. The molecule has 0 fully saturated rings. The van der Waals surface area contributed by atoms with Gasteiger partial charge < -0.3 is 15.6 Å². The lowest BCUT2D eigenvalue weighted by molar-refractivity contribution is -0.384. The van der Waals surface area contributed by atoms with Crippen LogP contribution in [0.1, 0.15) is 32.7 Å². The zero-order chi connectivity index (χ0) is 25.7. The highest BCUT2D eigenvalue weighted by Crippen LogP contribution is 2.22. The van der Waals surface area contributed by atoms with Crippen molar-refractivity contribution in [3.8, 4) is 0 Å². The molecule has 0 aliphatic heterocycles. The number of aromatic nitrogens is 1. The van der Waals surface area contributed by atoms with Crippen LogP contribution < -0.4 is 10.6 Å². The molecule has 0 aliphatic carbocycles. The number of non-ortho nitro benzene ring substituents is 1. The normalized spacial score (nSPS) is 11.3. The van der Waals surface area contributed by atoms with Crippen LogP contribution in [0.2, 0.25) is 0 Å². The van der Waals surface area contributed by atoms with Gasteiger partial charge >= 0.3 is 0 Å². The molecule has 2 amide bonds. The van der Waals surface area contributed by atoms with E-state index < -0.39 is 16.7 Å². The van der Waals surface area contributed by atoms with Gasteiger partial charge in [-0.15, -0.1) is 0 Å². The lowest BCUT2D eigenvalue weighted by atomic mass is 10.1. The molecule has 4 aromatic rings. The largest absolute Gasteiger partial charge is 0.358 e. The van der Waals surface area contributed by atoms with Gasteiger partial charge in [0.05, 0.1) is 4.92 Å². The van der Waals surface area contributed by atoms with Crippen LogP contribution in [0.5, 0.6) is 0 Å². The maximum atomic E-state index is 13.1. The summed E-state index contributed by atoms with van der Waals surface area (Å²) in [5, 5.41) is 17.8. The number of H-pyrrole nitrogens is 1. The zero-order valence-electron chi connectivity index (χ0n) is 20.0. The molecule has 182 valence electrons. The smallest absolute Gasteiger partial charge is 0.270 e. The molecule has 36 heavy (non-hydrogen) atoms. The first-order chi connectivity index (χ1) is 17.3. The average molecular weight is 483 g/mol. The third-order valence-corrected chi connectivity index (χ3v) is 5.89. The third-order valence-electron chi connectivity index (χ3n) is 5.89. The summed E-state index contributed by atoms with van der Waals surface area (Å²) in [6.07, 6.45) is 2.03. The maximum absolute atomic E-state index is 13.1. The number of fused-ring (bicyclic) bond motifs is 1. The SMILES string of the molecule is Cc1ccc(C(=O)N/C(=C\c2cccc([N+](=O)[O-])c2)C(=O)NCCc2c(C)[nH]c3ccccc23)cc1. The summed E-state index contributed by atoms with van der Waals surface area (Å²) in [6, 6.07) is 20.8. The van der Waals surface area contributed by atoms with Gasteiger partial charge in [0.2, 0.25) is 0 Å². The Morgan fingerprint density at radius 3 is 2.50 bits per heavy atom. The first-order valence-electron chi connectivity index (χ1n) is 11.5. The van der Waals surface area contributed by atoms with E-state index in [2.05, 4.69) is 15.6 Å². The Morgan fingerprint density at radius 2 is 1.75 bits per heavy atom. The maximum Gasteiger partial charge on any atom is 0.270 e. The summed E-state index contributed by atoms with van der Waals surface area (Å²) in [7, 11) is 0. The molecule has 4 rings (SSSR count). The number of nitro groups is 1. The van der Waals surface area contributed by atoms with Crippen LogP contribution in [0.4, 0.5) is 5.69 Å². The van der Waals surface area contributed by atoms with E-state index in [1.165, 1.54) is 24.3 Å². The molecule has 3 aromatic carbocycles. The van der Waals surface area contributed by atoms with Gasteiger partial charge in [-0.25, -0.2) is 0 Å². The van der Waals surface area contributed by atoms with Crippen LogP contribution in [-0.4, -0.2) is 28.3 Å².